The fourth-order valence-corrected chi connectivity index (χ4v) is 4.64. The van der Waals surface area contributed by atoms with E-state index < -0.39 is 18.2 Å². The van der Waals surface area contributed by atoms with E-state index in [0.29, 0.717) is 60.1 Å². The summed E-state index contributed by atoms with van der Waals surface area (Å²) in [6.07, 6.45) is 3.66. The molecule has 2 aromatic rings. The molecule has 2 atom stereocenters. The second-order valence-corrected chi connectivity index (χ2v) is 9.56. The smallest absolute Gasteiger partial charge is 0.513 e. The lowest BCUT2D eigenvalue weighted by Crippen LogP contribution is -2.41. The fraction of sp³-hybridized carbons (Fsp3) is 0.500. The molecule has 0 aliphatic carbocycles. The average Bonchev–Trinajstić information content (AvgIpc) is 3.60. The van der Waals surface area contributed by atoms with Crippen molar-refractivity contribution in [3.8, 4) is 5.75 Å². The summed E-state index contributed by atoms with van der Waals surface area (Å²) in [5.74, 6) is -0.126. The van der Waals surface area contributed by atoms with E-state index in [1.807, 2.05) is 12.1 Å². The molecular formula is C26H31ClN4O8. The molecule has 0 N–H and O–H groups in total. The number of pyridine rings is 1. The molecule has 1 unspecified atom stereocenters. The van der Waals surface area contributed by atoms with Gasteiger partial charge in [-0.1, -0.05) is 23.7 Å². The largest absolute Gasteiger partial charge is 0.569 e. The topological polar surface area (TPSA) is 135 Å². The van der Waals surface area contributed by atoms with E-state index in [0.717, 1.165) is 16.7 Å². The van der Waals surface area contributed by atoms with Crippen LogP contribution >= 0.6 is 11.6 Å². The van der Waals surface area contributed by atoms with Crippen LogP contribution in [-0.2, 0) is 30.4 Å². The van der Waals surface area contributed by atoms with Crippen LogP contribution in [0.5, 0.6) is 5.75 Å². The maximum atomic E-state index is 12.3. The molecule has 1 aromatic heterocycles. The minimum atomic E-state index is -0.817. The van der Waals surface area contributed by atoms with E-state index in [4.69, 9.17) is 35.4 Å². The number of aromatic nitrogens is 1. The van der Waals surface area contributed by atoms with Crippen molar-refractivity contribution < 1.29 is 38.3 Å². The van der Waals surface area contributed by atoms with Gasteiger partial charge in [-0.25, -0.2) is 9.59 Å². The molecule has 0 amide bonds. The second kappa shape index (κ2) is 13.4. The first kappa shape index (κ1) is 28.4. The van der Waals surface area contributed by atoms with Crippen LogP contribution in [0.25, 0.3) is 0 Å². The lowest BCUT2D eigenvalue weighted by atomic mass is 10.0. The first-order valence-corrected chi connectivity index (χ1v) is 13.1. The van der Waals surface area contributed by atoms with Crippen molar-refractivity contribution in [2.75, 3.05) is 26.9 Å². The number of esters is 1. The van der Waals surface area contributed by atoms with Gasteiger partial charge in [0, 0.05) is 22.3 Å². The summed E-state index contributed by atoms with van der Waals surface area (Å²) in [4.78, 5) is 33.8. The number of carbonyl (C=O) groups excluding carboxylic acids is 2. The third-order valence-electron chi connectivity index (χ3n) is 6.53. The van der Waals surface area contributed by atoms with Crippen molar-refractivity contribution in [1.82, 2.24) is 9.99 Å². The highest BCUT2D eigenvalue weighted by Gasteiger charge is 2.37. The standard InChI is InChI=1S/C26H31ClN4O8/c1-17-23(21-16-37-24(20(21)15-28-17)18-8-10-19(27)11-9-18)39-26(33)36-13-4-3-5-14-38-29-31(34)30-12-6-7-22(30)25(32)35-2/h8-11,15,22,24H,3-7,12-14,16H2,1-2H3/b31-29-/t22?,24-/m0/s1. The maximum Gasteiger partial charge on any atom is 0.513 e. The van der Waals surface area contributed by atoms with Crippen LogP contribution in [0.1, 0.15) is 60.6 Å². The van der Waals surface area contributed by atoms with E-state index >= 15 is 0 Å². The molecule has 13 heteroatoms. The van der Waals surface area contributed by atoms with Crippen molar-refractivity contribution in [2.45, 2.75) is 57.8 Å². The van der Waals surface area contributed by atoms with Gasteiger partial charge < -0.3 is 29.0 Å². The summed E-state index contributed by atoms with van der Waals surface area (Å²) in [5.41, 5.74) is 3.09. The highest BCUT2D eigenvalue weighted by Crippen LogP contribution is 2.41. The number of methoxy groups -OCH3 is 1. The van der Waals surface area contributed by atoms with Gasteiger partial charge in [-0.2, -0.15) is 0 Å². The molecule has 4 rings (SSSR count). The number of carbonyl (C=O) groups is 2. The van der Waals surface area contributed by atoms with E-state index in [-0.39, 0.29) is 25.9 Å². The predicted octanol–water partition coefficient (Wildman–Crippen LogP) is 4.80. The zero-order valence-corrected chi connectivity index (χ0v) is 22.6. The number of hydrogen-bond acceptors (Lipinski definition) is 10. The van der Waals surface area contributed by atoms with Gasteiger partial charge in [-0.15, -0.1) is 5.01 Å². The third kappa shape index (κ3) is 7.07. The number of fused-ring (bicyclic) bond motifs is 1. The Morgan fingerprint density at radius 2 is 2.00 bits per heavy atom. The summed E-state index contributed by atoms with van der Waals surface area (Å²) < 4.78 is 21.4. The zero-order valence-electron chi connectivity index (χ0n) is 21.8. The third-order valence-corrected chi connectivity index (χ3v) is 6.78. The number of hydrazine groups is 1. The Morgan fingerprint density at radius 1 is 1.23 bits per heavy atom. The minimum Gasteiger partial charge on any atom is -0.569 e. The molecule has 1 saturated heterocycles. The van der Waals surface area contributed by atoms with Crippen LogP contribution in [0.15, 0.2) is 35.7 Å². The minimum absolute atomic E-state index is 0.156. The lowest BCUT2D eigenvalue weighted by Gasteiger charge is -2.17. The van der Waals surface area contributed by atoms with Crippen molar-refractivity contribution in [3.63, 3.8) is 0 Å². The highest BCUT2D eigenvalue weighted by atomic mass is 35.5. The van der Waals surface area contributed by atoms with Gasteiger partial charge in [0.05, 0.1) is 37.5 Å². The molecular weight excluding hydrogens is 532 g/mol. The van der Waals surface area contributed by atoms with Gasteiger partial charge in [-0.05, 0) is 56.7 Å². The van der Waals surface area contributed by atoms with Crippen LogP contribution in [0.3, 0.4) is 0 Å². The Morgan fingerprint density at radius 3 is 2.77 bits per heavy atom. The van der Waals surface area contributed by atoms with Gasteiger partial charge in [0.15, 0.2) is 11.8 Å². The molecule has 0 spiro atoms. The number of ether oxygens (including phenoxy) is 4. The van der Waals surface area contributed by atoms with E-state index in [9.17, 15) is 14.8 Å². The number of halogens is 1. The number of aryl methyl sites for hydroxylation is 1. The Balaban J connectivity index is 1.17. The SMILES string of the molecule is COC(=O)C1CCCN1/[N+]([O-])=N/OCCCCCOC(=O)Oc1c(C)ncc2c1CO[C@H]2c1ccc(Cl)cc1. The Bertz CT molecular complexity index is 1190. The number of nitrogens with zero attached hydrogens (tertiary/aromatic N) is 4. The Hall–Kier alpha value is -3.64. The summed E-state index contributed by atoms with van der Waals surface area (Å²) in [6.45, 7) is 2.80. The Kier molecular flexibility index (Phi) is 9.77. The molecule has 2 aliphatic heterocycles. The van der Waals surface area contributed by atoms with Gasteiger partial charge in [0.1, 0.15) is 12.7 Å². The number of rotatable bonds is 11. The van der Waals surface area contributed by atoms with Crippen molar-refractivity contribution in [2.24, 2.45) is 5.28 Å². The summed E-state index contributed by atoms with van der Waals surface area (Å²) in [6, 6.07) is 6.72. The predicted molar refractivity (Wildman–Crippen MR) is 137 cm³/mol. The van der Waals surface area contributed by atoms with Gasteiger partial charge in [0.25, 0.3) is 0 Å². The molecule has 39 heavy (non-hydrogen) atoms. The van der Waals surface area contributed by atoms with Gasteiger partial charge in [0.2, 0.25) is 5.28 Å². The molecule has 3 heterocycles. The number of hydrogen-bond donors (Lipinski definition) is 0. The molecule has 1 aromatic carbocycles. The van der Waals surface area contributed by atoms with Crippen molar-refractivity contribution in [1.29, 1.82) is 0 Å². The van der Waals surface area contributed by atoms with Gasteiger partial charge in [-0.3, -0.25) is 4.98 Å². The molecule has 0 saturated carbocycles. The fourth-order valence-electron chi connectivity index (χ4n) is 4.52. The first-order chi connectivity index (χ1) is 18.9. The van der Waals surface area contributed by atoms with Crippen LogP contribution < -0.4 is 4.74 Å². The molecule has 210 valence electrons. The summed E-state index contributed by atoms with van der Waals surface area (Å²) in [7, 11) is 1.28. The molecule has 2 aliphatic rings. The van der Waals surface area contributed by atoms with Gasteiger partial charge >= 0.3 is 12.1 Å². The van der Waals surface area contributed by atoms with Crippen LogP contribution in [-0.4, -0.2) is 60.0 Å². The van der Waals surface area contributed by atoms with Crippen molar-refractivity contribution >= 4 is 23.7 Å². The molecule has 1 fully saturated rings. The lowest BCUT2D eigenvalue weighted by molar-refractivity contribution is -0.712. The highest BCUT2D eigenvalue weighted by molar-refractivity contribution is 6.30. The van der Waals surface area contributed by atoms with Crippen LogP contribution in [0, 0.1) is 12.1 Å². The van der Waals surface area contributed by atoms with E-state index in [2.05, 4.69) is 10.3 Å². The second-order valence-electron chi connectivity index (χ2n) is 9.12. The van der Waals surface area contributed by atoms with Crippen molar-refractivity contribution in [3.05, 3.63) is 63.1 Å². The monoisotopic (exact) mass is 562 g/mol. The van der Waals surface area contributed by atoms with Crippen LogP contribution in [0.2, 0.25) is 5.02 Å². The average molecular weight is 563 g/mol. The number of benzene rings is 1. The first-order valence-electron chi connectivity index (χ1n) is 12.7. The summed E-state index contributed by atoms with van der Waals surface area (Å²) >= 11 is 5.99. The summed E-state index contributed by atoms with van der Waals surface area (Å²) in [5, 5.41) is 17.5. The maximum absolute atomic E-state index is 12.3. The molecule has 0 bridgehead atoms. The Labute approximate surface area is 230 Å². The van der Waals surface area contributed by atoms with E-state index in [1.165, 1.54) is 12.1 Å². The normalized spacial score (nSPS) is 18.5. The quantitative estimate of drug-likeness (QED) is 0.123. The van der Waals surface area contributed by atoms with E-state index in [1.54, 1.807) is 25.3 Å². The molecule has 0 radical (unpaired) electrons. The zero-order chi connectivity index (χ0) is 27.8. The number of unbranched alkanes of at least 4 members (excludes halogenated alkanes) is 2. The molecule has 12 nitrogen and oxygen atoms in total. The van der Waals surface area contributed by atoms with Crippen LogP contribution in [0.4, 0.5) is 4.79 Å².